The van der Waals surface area contributed by atoms with Gasteiger partial charge in [-0.3, -0.25) is 24.3 Å². The minimum absolute atomic E-state index is 0.0659. The monoisotopic (exact) mass is 412 g/mol. The first kappa shape index (κ1) is 20.2. The van der Waals surface area contributed by atoms with Crippen LogP contribution in [0.2, 0.25) is 0 Å². The lowest BCUT2D eigenvalue weighted by Gasteiger charge is -2.18. The molecule has 2 aromatic carbocycles. The van der Waals surface area contributed by atoms with Crippen LogP contribution in [-0.2, 0) is 4.79 Å². The number of hydrazone groups is 1. The molecule has 4 rings (SSSR count). The third-order valence-electron chi connectivity index (χ3n) is 5.20. The van der Waals surface area contributed by atoms with Crippen LogP contribution in [0, 0.1) is 13.8 Å². The maximum absolute atomic E-state index is 12.8. The van der Waals surface area contributed by atoms with Crippen LogP contribution in [0.15, 0.2) is 66.0 Å². The van der Waals surface area contributed by atoms with Crippen molar-refractivity contribution in [2.24, 2.45) is 5.10 Å². The van der Waals surface area contributed by atoms with Crippen molar-refractivity contribution in [1.29, 1.82) is 0 Å². The van der Waals surface area contributed by atoms with E-state index in [-0.39, 0.29) is 18.4 Å². The summed E-state index contributed by atoms with van der Waals surface area (Å²) in [6.07, 6.45) is 4.00. The minimum atomic E-state index is -0.379. The molecule has 0 saturated heterocycles. The first-order valence-corrected chi connectivity index (χ1v) is 9.73. The molecule has 154 valence electrons. The Morgan fingerprint density at radius 1 is 1.00 bits per heavy atom. The van der Waals surface area contributed by atoms with E-state index >= 15 is 0 Å². The van der Waals surface area contributed by atoms with Crippen LogP contribution in [0.25, 0.3) is 11.1 Å². The predicted molar refractivity (Wildman–Crippen MR) is 117 cm³/mol. The minimum Gasteiger partial charge on any atom is -0.277 e. The summed E-state index contributed by atoms with van der Waals surface area (Å²) in [6.45, 7) is 3.81. The Balaban J connectivity index is 1.73. The van der Waals surface area contributed by atoms with E-state index in [4.69, 9.17) is 0 Å². The van der Waals surface area contributed by atoms with Crippen LogP contribution in [0.1, 0.15) is 37.4 Å². The van der Waals surface area contributed by atoms with E-state index in [1.807, 2.05) is 38.1 Å². The van der Waals surface area contributed by atoms with E-state index < -0.39 is 0 Å². The smallest absolute Gasteiger partial charge is 0.261 e. The normalized spacial score (nSPS) is 13.4. The second-order valence-corrected chi connectivity index (χ2v) is 7.33. The highest BCUT2D eigenvalue weighted by Crippen LogP contribution is 2.26. The van der Waals surface area contributed by atoms with Crippen molar-refractivity contribution >= 4 is 23.9 Å². The predicted octanol–water partition coefficient (Wildman–Crippen LogP) is 3.11. The molecule has 0 radical (unpaired) electrons. The summed E-state index contributed by atoms with van der Waals surface area (Å²) >= 11 is 0. The largest absolute Gasteiger partial charge is 0.277 e. The first-order valence-electron chi connectivity index (χ1n) is 9.73. The molecule has 0 aliphatic carbocycles. The lowest BCUT2D eigenvalue weighted by atomic mass is 9.97. The molecule has 31 heavy (non-hydrogen) atoms. The Kier molecular flexibility index (Phi) is 5.41. The Labute approximate surface area is 179 Å². The van der Waals surface area contributed by atoms with Gasteiger partial charge in [0, 0.05) is 23.5 Å². The Hall–Kier alpha value is -4.13. The molecule has 0 unspecified atom stereocenters. The number of carbonyl (C=O) groups is 3. The summed E-state index contributed by atoms with van der Waals surface area (Å²) in [7, 11) is 0. The lowest BCUT2D eigenvalue weighted by molar-refractivity contribution is -0.109. The van der Waals surface area contributed by atoms with E-state index in [0.29, 0.717) is 23.2 Å². The molecule has 1 N–H and O–H groups in total. The molecule has 3 amide bonds. The van der Waals surface area contributed by atoms with Crippen molar-refractivity contribution in [3.63, 3.8) is 0 Å². The van der Waals surface area contributed by atoms with Crippen LogP contribution >= 0.6 is 0 Å². The molecule has 2 heterocycles. The van der Waals surface area contributed by atoms with Gasteiger partial charge in [-0.2, -0.15) is 5.10 Å². The number of carbonyl (C=O) groups excluding carboxylic acids is 3. The Bertz CT molecular complexity index is 1200. The molecule has 0 saturated carbocycles. The summed E-state index contributed by atoms with van der Waals surface area (Å²) in [6, 6.07) is 14.6. The SMILES string of the molecule is Cc1cncc(-c2ccc(C)c(/C(CN3C(=O)c4ccccc4C3=O)=N\NC=O)c2)c1. The molecule has 1 aromatic heterocycles. The van der Waals surface area contributed by atoms with Crippen molar-refractivity contribution in [3.05, 3.63) is 88.7 Å². The number of fused-ring (bicyclic) bond motifs is 1. The fourth-order valence-electron chi connectivity index (χ4n) is 3.64. The number of benzene rings is 2. The molecular weight excluding hydrogens is 392 g/mol. The van der Waals surface area contributed by atoms with Crippen molar-refractivity contribution in [1.82, 2.24) is 15.3 Å². The van der Waals surface area contributed by atoms with Crippen molar-refractivity contribution in [3.8, 4) is 11.1 Å². The standard InChI is InChI=1S/C24H20N4O3/c1-15-9-18(12-25-11-15)17-8-7-16(2)21(10-17)22(27-26-14-29)13-28-23(30)19-5-3-4-6-20(19)24(28)31/h3-12,14H,13H2,1-2H3,(H,26,29)/b27-22-. The summed E-state index contributed by atoms with van der Waals surface area (Å²) in [5.41, 5.74) is 7.95. The quantitative estimate of drug-likeness (QED) is 0.291. The molecule has 0 atom stereocenters. The number of aryl methyl sites for hydroxylation is 2. The number of nitrogens with one attached hydrogen (secondary N) is 1. The van der Waals surface area contributed by atoms with Gasteiger partial charge in [-0.1, -0.05) is 24.3 Å². The van der Waals surface area contributed by atoms with Gasteiger partial charge in [-0.25, -0.2) is 5.43 Å². The fraction of sp³-hybridized carbons (Fsp3) is 0.125. The molecule has 1 aliphatic rings. The number of pyridine rings is 1. The summed E-state index contributed by atoms with van der Waals surface area (Å²) in [4.78, 5) is 41.9. The van der Waals surface area contributed by atoms with E-state index in [2.05, 4.69) is 15.5 Å². The average Bonchev–Trinajstić information content (AvgIpc) is 3.02. The number of rotatable bonds is 6. The first-order chi connectivity index (χ1) is 15.0. The van der Waals surface area contributed by atoms with E-state index in [0.717, 1.165) is 32.7 Å². The Morgan fingerprint density at radius 3 is 2.35 bits per heavy atom. The molecule has 0 bridgehead atoms. The number of nitrogens with zero attached hydrogens (tertiary/aromatic N) is 3. The molecular formula is C24H20N4O3. The average molecular weight is 412 g/mol. The van der Waals surface area contributed by atoms with Crippen molar-refractivity contribution < 1.29 is 14.4 Å². The highest BCUT2D eigenvalue weighted by atomic mass is 16.2. The number of hydrogen-bond acceptors (Lipinski definition) is 5. The lowest BCUT2D eigenvalue weighted by Crippen LogP contribution is -2.36. The van der Waals surface area contributed by atoms with Gasteiger partial charge in [0.2, 0.25) is 6.41 Å². The maximum atomic E-state index is 12.8. The van der Waals surface area contributed by atoms with E-state index in [1.165, 1.54) is 0 Å². The maximum Gasteiger partial charge on any atom is 0.261 e. The zero-order valence-electron chi connectivity index (χ0n) is 17.1. The number of aromatic nitrogens is 1. The molecule has 7 nitrogen and oxygen atoms in total. The number of amides is 3. The van der Waals surface area contributed by atoms with Crippen molar-refractivity contribution in [2.75, 3.05) is 6.54 Å². The molecule has 0 spiro atoms. The van der Waals surface area contributed by atoms with Gasteiger partial charge in [-0.15, -0.1) is 0 Å². The van der Waals surface area contributed by atoms with Crippen LogP contribution < -0.4 is 5.43 Å². The highest BCUT2D eigenvalue weighted by molar-refractivity contribution is 6.23. The third-order valence-corrected chi connectivity index (χ3v) is 5.20. The van der Waals surface area contributed by atoms with Gasteiger partial charge in [0.25, 0.3) is 11.8 Å². The second-order valence-electron chi connectivity index (χ2n) is 7.33. The van der Waals surface area contributed by atoms with Gasteiger partial charge >= 0.3 is 0 Å². The third kappa shape index (κ3) is 3.85. The highest BCUT2D eigenvalue weighted by Gasteiger charge is 2.36. The van der Waals surface area contributed by atoms with Gasteiger partial charge in [0.05, 0.1) is 23.4 Å². The fourth-order valence-corrected chi connectivity index (χ4v) is 3.64. The van der Waals surface area contributed by atoms with Crippen LogP contribution in [0.3, 0.4) is 0 Å². The summed E-state index contributed by atoms with van der Waals surface area (Å²) in [5.74, 6) is -0.757. The van der Waals surface area contributed by atoms with Gasteiger partial charge < -0.3 is 0 Å². The van der Waals surface area contributed by atoms with Crippen LogP contribution in [0.5, 0.6) is 0 Å². The summed E-state index contributed by atoms with van der Waals surface area (Å²) in [5, 5.41) is 4.16. The van der Waals surface area contributed by atoms with Crippen LogP contribution in [0.4, 0.5) is 0 Å². The number of hydrogen-bond donors (Lipinski definition) is 1. The van der Waals surface area contributed by atoms with Crippen molar-refractivity contribution in [2.45, 2.75) is 13.8 Å². The zero-order chi connectivity index (χ0) is 22.0. The molecule has 0 fully saturated rings. The van der Waals surface area contributed by atoms with Gasteiger partial charge in [0.15, 0.2) is 0 Å². The molecule has 1 aliphatic heterocycles. The molecule has 3 aromatic rings. The van der Waals surface area contributed by atoms with Gasteiger partial charge in [0.1, 0.15) is 0 Å². The van der Waals surface area contributed by atoms with Crippen LogP contribution in [-0.4, -0.2) is 40.4 Å². The summed E-state index contributed by atoms with van der Waals surface area (Å²) < 4.78 is 0. The van der Waals surface area contributed by atoms with E-state index in [9.17, 15) is 14.4 Å². The topological polar surface area (TPSA) is 91.7 Å². The van der Waals surface area contributed by atoms with Gasteiger partial charge in [-0.05, 0) is 54.8 Å². The van der Waals surface area contributed by atoms with E-state index in [1.54, 1.807) is 36.7 Å². The zero-order valence-corrected chi connectivity index (χ0v) is 17.1. The second kappa shape index (κ2) is 8.31. The Morgan fingerprint density at radius 2 is 1.71 bits per heavy atom. The number of imide groups is 1. The molecule has 7 heteroatoms.